The minimum absolute atomic E-state index is 0.237. The lowest BCUT2D eigenvalue weighted by Crippen LogP contribution is -2.01. The number of hydrogen-bond acceptors (Lipinski definition) is 2. The minimum atomic E-state index is -0.530. The fourth-order valence-electron chi connectivity index (χ4n) is 2.00. The number of benzene rings is 2. The number of phenols is 1. The van der Waals surface area contributed by atoms with Gasteiger partial charge in [0.2, 0.25) is 0 Å². The Bertz CT molecular complexity index is 503. The first kappa shape index (κ1) is 12.7. The summed E-state index contributed by atoms with van der Waals surface area (Å²) in [6, 6.07) is 15.0. The molecule has 2 N–H and O–H groups in total. The molecule has 0 amide bonds. The fraction of sp³-hybridized carbons (Fsp3) is 0.250. The molecule has 1 atom stereocenters. The Hall–Kier alpha value is -1.80. The van der Waals surface area contributed by atoms with Crippen molar-refractivity contribution in [2.75, 3.05) is 0 Å². The van der Waals surface area contributed by atoms with Gasteiger partial charge in [0.1, 0.15) is 5.75 Å². The van der Waals surface area contributed by atoms with Crippen molar-refractivity contribution in [1.29, 1.82) is 0 Å². The zero-order chi connectivity index (χ0) is 13.0. The molecule has 94 valence electrons. The van der Waals surface area contributed by atoms with Gasteiger partial charge in [-0.1, -0.05) is 43.3 Å². The van der Waals surface area contributed by atoms with E-state index in [1.165, 1.54) is 5.56 Å². The third kappa shape index (κ3) is 3.11. The largest absolute Gasteiger partial charge is 0.508 e. The molecule has 0 aromatic heterocycles. The maximum absolute atomic E-state index is 10.1. The highest BCUT2D eigenvalue weighted by Gasteiger charge is 2.08. The Morgan fingerprint density at radius 1 is 1.00 bits per heavy atom. The highest BCUT2D eigenvalue weighted by molar-refractivity contribution is 5.30. The average molecular weight is 242 g/mol. The van der Waals surface area contributed by atoms with E-state index < -0.39 is 6.10 Å². The van der Waals surface area contributed by atoms with Crippen molar-refractivity contribution < 1.29 is 10.2 Å². The van der Waals surface area contributed by atoms with E-state index in [2.05, 4.69) is 6.92 Å². The molecule has 0 saturated heterocycles. The van der Waals surface area contributed by atoms with Crippen LogP contribution in [0.25, 0.3) is 0 Å². The van der Waals surface area contributed by atoms with Crippen molar-refractivity contribution in [3.8, 4) is 5.75 Å². The van der Waals surface area contributed by atoms with Gasteiger partial charge in [-0.05, 0) is 35.2 Å². The second-order valence-electron chi connectivity index (χ2n) is 4.48. The molecule has 0 aliphatic rings. The summed E-state index contributed by atoms with van der Waals surface area (Å²) in [7, 11) is 0. The van der Waals surface area contributed by atoms with Gasteiger partial charge in [0.05, 0.1) is 6.10 Å². The topological polar surface area (TPSA) is 40.5 Å². The molecule has 2 rings (SSSR count). The van der Waals surface area contributed by atoms with Crippen LogP contribution in [0.5, 0.6) is 5.75 Å². The first-order valence-corrected chi connectivity index (χ1v) is 6.24. The standard InChI is InChI=1S/C16H18O2/c1-2-12-6-8-14(9-7-12)16(18)11-13-4-3-5-15(17)10-13/h3-10,16-18H,2,11H2,1H3. The van der Waals surface area contributed by atoms with Gasteiger partial charge >= 0.3 is 0 Å². The lowest BCUT2D eigenvalue weighted by Gasteiger charge is -2.12. The molecule has 0 heterocycles. The maximum atomic E-state index is 10.1. The van der Waals surface area contributed by atoms with Gasteiger partial charge < -0.3 is 10.2 Å². The van der Waals surface area contributed by atoms with Gasteiger partial charge in [-0.25, -0.2) is 0 Å². The molecule has 2 nitrogen and oxygen atoms in total. The number of aliphatic hydroxyl groups excluding tert-OH is 1. The van der Waals surface area contributed by atoms with Crippen LogP contribution in [0.3, 0.4) is 0 Å². The van der Waals surface area contributed by atoms with E-state index >= 15 is 0 Å². The van der Waals surface area contributed by atoms with Gasteiger partial charge in [-0.15, -0.1) is 0 Å². The quantitative estimate of drug-likeness (QED) is 0.864. The summed E-state index contributed by atoms with van der Waals surface area (Å²) in [5.74, 6) is 0.237. The number of hydrogen-bond donors (Lipinski definition) is 2. The monoisotopic (exact) mass is 242 g/mol. The van der Waals surface area contributed by atoms with E-state index in [4.69, 9.17) is 0 Å². The van der Waals surface area contributed by atoms with Crippen molar-refractivity contribution >= 4 is 0 Å². The van der Waals surface area contributed by atoms with Crippen LogP contribution in [0.2, 0.25) is 0 Å². The molecule has 0 aliphatic carbocycles. The maximum Gasteiger partial charge on any atom is 0.115 e. The summed E-state index contributed by atoms with van der Waals surface area (Å²) in [6.45, 7) is 2.11. The van der Waals surface area contributed by atoms with Crippen LogP contribution in [0, 0.1) is 0 Å². The second-order valence-corrected chi connectivity index (χ2v) is 4.48. The van der Waals surface area contributed by atoms with E-state index in [0.29, 0.717) is 6.42 Å². The number of aliphatic hydroxyl groups is 1. The predicted octanol–water partition coefficient (Wildman–Crippen LogP) is 3.23. The van der Waals surface area contributed by atoms with Crippen molar-refractivity contribution in [3.05, 3.63) is 65.2 Å². The molecule has 18 heavy (non-hydrogen) atoms. The predicted molar refractivity (Wildman–Crippen MR) is 72.6 cm³/mol. The first-order valence-electron chi connectivity index (χ1n) is 6.24. The van der Waals surface area contributed by atoms with Gasteiger partial charge in [0.25, 0.3) is 0 Å². The van der Waals surface area contributed by atoms with E-state index in [0.717, 1.165) is 17.5 Å². The van der Waals surface area contributed by atoms with Crippen molar-refractivity contribution in [1.82, 2.24) is 0 Å². The summed E-state index contributed by atoms with van der Waals surface area (Å²) in [4.78, 5) is 0. The third-order valence-electron chi connectivity index (χ3n) is 3.11. The van der Waals surface area contributed by atoms with E-state index in [9.17, 15) is 10.2 Å². The molecular weight excluding hydrogens is 224 g/mol. The highest BCUT2D eigenvalue weighted by Crippen LogP contribution is 2.21. The zero-order valence-corrected chi connectivity index (χ0v) is 10.5. The van der Waals surface area contributed by atoms with Gasteiger partial charge in [-0.3, -0.25) is 0 Å². The van der Waals surface area contributed by atoms with Crippen LogP contribution >= 0.6 is 0 Å². The molecule has 0 aliphatic heterocycles. The Balaban J connectivity index is 2.09. The number of rotatable bonds is 4. The van der Waals surface area contributed by atoms with E-state index in [1.807, 2.05) is 30.3 Å². The van der Waals surface area contributed by atoms with Crippen LogP contribution in [0.4, 0.5) is 0 Å². The van der Waals surface area contributed by atoms with Crippen LogP contribution < -0.4 is 0 Å². The molecule has 0 bridgehead atoms. The molecule has 0 spiro atoms. The van der Waals surface area contributed by atoms with Gasteiger partial charge in [0.15, 0.2) is 0 Å². The second kappa shape index (κ2) is 5.69. The number of aryl methyl sites for hydroxylation is 1. The zero-order valence-electron chi connectivity index (χ0n) is 10.5. The Morgan fingerprint density at radius 3 is 2.33 bits per heavy atom. The molecular formula is C16H18O2. The Kier molecular flexibility index (Phi) is 4.00. The summed E-state index contributed by atoms with van der Waals surface area (Å²) in [6.07, 6.45) is 0.987. The summed E-state index contributed by atoms with van der Waals surface area (Å²) >= 11 is 0. The molecule has 2 heteroatoms. The first-order chi connectivity index (χ1) is 8.69. The lowest BCUT2D eigenvalue weighted by atomic mass is 10.00. The molecule has 2 aromatic rings. The Morgan fingerprint density at radius 2 is 1.72 bits per heavy atom. The summed E-state index contributed by atoms with van der Waals surface area (Å²) < 4.78 is 0. The minimum Gasteiger partial charge on any atom is -0.508 e. The molecule has 0 radical (unpaired) electrons. The summed E-state index contributed by atoms with van der Waals surface area (Å²) in [5, 5.41) is 19.5. The average Bonchev–Trinajstić information content (AvgIpc) is 2.39. The van der Waals surface area contributed by atoms with Crippen molar-refractivity contribution in [2.24, 2.45) is 0 Å². The highest BCUT2D eigenvalue weighted by atomic mass is 16.3. The van der Waals surface area contributed by atoms with Crippen LogP contribution in [0.1, 0.15) is 29.7 Å². The van der Waals surface area contributed by atoms with Gasteiger partial charge in [-0.2, -0.15) is 0 Å². The Labute approximate surface area is 108 Å². The molecule has 1 unspecified atom stereocenters. The molecule has 2 aromatic carbocycles. The normalized spacial score (nSPS) is 12.3. The third-order valence-corrected chi connectivity index (χ3v) is 3.11. The summed E-state index contributed by atoms with van der Waals surface area (Å²) in [5.41, 5.74) is 3.11. The lowest BCUT2D eigenvalue weighted by molar-refractivity contribution is 0.178. The van der Waals surface area contributed by atoms with Crippen LogP contribution in [-0.4, -0.2) is 10.2 Å². The number of phenolic OH excluding ortho intramolecular Hbond substituents is 1. The van der Waals surface area contributed by atoms with E-state index in [-0.39, 0.29) is 5.75 Å². The SMILES string of the molecule is CCc1ccc(C(O)Cc2cccc(O)c2)cc1. The molecule has 0 saturated carbocycles. The van der Waals surface area contributed by atoms with Crippen molar-refractivity contribution in [2.45, 2.75) is 25.9 Å². The fourth-order valence-corrected chi connectivity index (χ4v) is 2.00. The number of aromatic hydroxyl groups is 1. The van der Waals surface area contributed by atoms with Crippen LogP contribution in [-0.2, 0) is 12.8 Å². The van der Waals surface area contributed by atoms with Crippen molar-refractivity contribution in [3.63, 3.8) is 0 Å². The van der Waals surface area contributed by atoms with E-state index in [1.54, 1.807) is 18.2 Å². The smallest absolute Gasteiger partial charge is 0.115 e. The molecule has 0 fully saturated rings. The van der Waals surface area contributed by atoms with Gasteiger partial charge in [0, 0.05) is 6.42 Å². The van der Waals surface area contributed by atoms with Crippen LogP contribution in [0.15, 0.2) is 48.5 Å².